The van der Waals surface area contributed by atoms with Crippen molar-refractivity contribution in [1.82, 2.24) is 5.32 Å². The molecule has 0 bridgehead atoms. The summed E-state index contributed by atoms with van der Waals surface area (Å²) >= 11 is 7.03. The SMILES string of the molecule is COC(=O)NC1=Nc2ccc(OS(=O)(=O)c3ccc(C)c(Cl)c3)cc2NS1. The first kappa shape index (κ1) is 19.3. The second kappa shape index (κ2) is 7.67. The Bertz CT molecular complexity index is 1040. The molecule has 1 aliphatic rings. The van der Waals surface area contributed by atoms with Gasteiger partial charge < -0.3 is 13.6 Å². The number of hydrogen-bond acceptors (Lipinski definition) is 8. The monoisotopic (exact) mass is 427 g/mol. The molecule has 1 aliphatic heterocycles. The fourth-order valence-corrected chi connectivity index (χ4v) is 3.92. The first-order valence-electron chi connectivity index (χ1n) is 7.50. The van der Waals surface area contributed by atoms with Crippen molar-refractivity contribution >= 4 is 56.3 Å². The highest BCUT2D eigenvalue weighted by Gasteiger charge is 2.20. The van der Waals surface area contributed by atoms with E-state index in [-0.39, 0.29) is 10.6 Å². The van der Waals surface area contributed by atoms with Crippen molar-refractivity contribution < 1.29 is 22.1 Å². The van der Waals surface area contributed by atoms with Gasteiger partial charge in [0.2, 0.25) is 0 Å². The smallest absolute Gasteiger partial charge is 0.412 e. The van der Waals surface area contributed by atoms with E-state index in [0.717, 1.165) is 17.5 Å². The molecule has 27 heavy (non-hydrogen) atoms. The number of anilines is 1. The van der Waals surface area contributed by atoms with Crippen molar-refractivity contribution in [1.29, 1.82) is 0 Å². The summed E-state index contributed by atoms with van der Waals surface area (Å²) in [7, 11) is -2.79. The van der Waals surface area contributed by atoms with Crippen molar-refractivity contribution in [3.05, 3.63) is 47.0 Å². The van der Waals surface area contributed by atoms with Crippen molar-refractivity contribution in [2.75, 3.05) is 11.8 Å². The Hall–Kier alpha value is -2.43. The molecule has 0 spiro atoms. The number of carbonyl (C=O) groups excluding carboxylic acids is 1. The van der Waals surface area contributed by atoms with Crippen molar-refractivity contribution in [2.24, 2.45) is 4.99 Å². The van der Waals surface area contributed by atoms with E-state index in [9.17, 15) is 13.2 Å². The minimum atomic E-state index is -4.04. The van der Waals surface area contributed by atoms with Gasteiger partial charge in [0.05, 0.1) is 18.5 Å². The molecule has 1 amide bonds. The lowest BCUT2D eigenvalue weighted by molar-refractivity contribution is 0.177. The van der Waals surface area contributed by atoms with E-state index < -0.39 is 16.2 Å². The summed E-state index contributed by atoms with van der Waals surface area (Å²) in [5.74, 6) is 0.109. The fourth-order valence-electron chi connectivity index (χ4n) is 2.08. The van der Waals surface area contributed by atoms with Crippen LogP contribution in [0, 0.1) is 6.92 Å². The van der Waals surface area contributed by atoms with Crippen LogP contribution >= 0.6 is 23.5 Å². The van der Waals surface area contributed by atoms with Crippen molar-refractivity contribution in [2.45, 2.75) is 11.8 Å². The maximum absolute atomic E-state index is 12.4. The Balaban J connectivity index is 1.82. The zero-order chi connectivity index (χ0) is 19.6. The van der Waals surface area contributed by atoms with E-state index in [2.05, 4.69) is 19.8 Å². The number of amidine groups is 1. The molecule has 3 rings (SSSR count). The first-order valence-corrected chi connectivity index (χ1v) is 10.1. The molecule has 2 aromatic rings. The van der Waals surface area contributed by atoms with E-state index in [0.29, 0.717) is 21.6 Å². The second-order valence-corrected chi connectivity index (χ2v) is 8.11. The molecule has 2 N–H and O–H groups in total. The lowest BCUT2D eigenvalue weighted by atomic mass is 10.2. The number of nitrogens with one attached hydrogen (secondary N) is 2. The predicted octanol–water partition coefficient (Wildman–Crippen LogP) is 3.83. The highest BCUT2D eigenvalue weighted by atomic mass is 35.5. The van der Waals surface area contributed by atoms with Gasteiger partial charge in [0, 0.05) is 23.0 Å². The first-order chi connectivity index (χ1) is 12.8. The van der Waals surface area contributed by atoms with E-state index in [1.807, 2.05) is 0 Å². The molecule has 8 nitrogen and oxygen atoms in total. The molecule has 0 saturated carbocycles. The minimum Gasteiger partial charge on any atom is -0.453 e. The quantitative estimate of drug-likeness (QED) is 0.566. The normalized spacial score (nSPS) is 13.1. The third-order valence-electron chi connectivity index (χ3n) is 3.48. The number of benzene rings is 2. The Morgan fingerprint density at radius 3 is 2.74 bits per heavy atom. The summed E-state index contributed by atoms with van der Waals surface area (Å²) in [6.45, 7) is 1.77. The summed E-state index contributed by atoms with van der Waals surface area (Å²) < 4.78 is 37.5. The number of hydrogen-bond donors (Lipinski definition) is 2. The number of alkyl carbamates (subject to hydrolysis) is 1. The fraction of sp³-hybridized carbons (Fsp3) is 0.125. The van der Waals surface area contributed by atoms with Crippen LogP contribution in [0.2, 0.25) is 5.02 Å². The van der Waals surface area contributed by atoms with Crippen LogP contribution in [0.4, 0.5) is 16.2 Å². The molecule has 0 unspecified atom stereocenters. The summed E-state index contributed by atoms with van der Waals surface area (Å²) in [6, 6.07) is 8.89. The van der Waals surface area contributed by atoms with Crippen LogP contribution < -0.4 is 14.2 Å². The maximum Gasteiger partial charge on any atom is 0.412 e. The van der Waals surface area contributed by atoms with Gasteiger partial charge in [0.15, 0.2) is 5.17 Å². The number of halogens is 1. The molecule has 0 aromatic heterocycles. The van der Waals surface area contributed by atoms with Crippen LogP contribution in [0.5, 0.6) is 5.75 Å². The zero-order valence-corrected chi connectivity index (χ0v) is 16.5. The van der Waals surface area contributed by atoms with Gasteiger partial charge in [0.1, 0.15) is 10.6 Å². The summed E-state index contributed by atoms with van der Waals surface area (Å²) in [5.41, 5.74) is 1.80. The number of nitrogens with zero attached hydrogens (tertiary/aromatic N) is 1. The number of aryl methyl sites for hydroxylation is 1. The topological polar surface area (TPSA) is 106 Å². The molecule has 0 saturated heterocycles. The molecule has 2 aromatic carbocycles. The van der Waals surface area contributed by atoms with Gasteiger partial charge in [-0.05, 0) is 36.8 Å². The maximum atomic E-state index is 12.4. The molecule has 11 heteroatoms. The van der Waals surface area contributed by atoms with Gasteiger partial charge in [-0.3, -0.25) is 5.32 Å². The Morgan fingerprint density at radius 2 is 2.04 bits per heavy atom. The molecule has 142 valence electrons. The molecule has 0 radical (unpaired) electrons. The Morgan fingerprint density at radius 1 is 1.26 bits per heavy atom. The number of fused-ring (bicyclic) bond motifs is 1. The molecule has 0 fully saturated rings. The lowest BCUT2D eigenvalue weighted by Crippen LogP contribution is -2.29. The number of aliphatic imine (C=N–C) groups is 1. The Labute approximate surface area is 165 Å². The average molecular weight is 428 g/mol. The summed E-state index contributed by atoms with van der Waals surface area (Å²) in [4.78, 5) is 15.4. The average Bonchev–Trinajstić information content (AvgIpc) is 2.63. The van der Waals surface area contributed by atoms with Crippen LogP contribution in [-0.2, 0) is 14.9 Å². The van der Waals surface area contributed by atoms with Crippen LogP contribution in [0.25, 0.3) is 0 Å². The van der Waals surface area contributed by atoms with Crippen molar-refractivity contribution in [3.8, 4) is 5.75 Å². The van der Waals surface area contributed by atoms with Crippen LogP contribution in [0.15, 0.2) is 46.3 Å². The minimum absolute atomic E-state index is 0.0410. The second-order valence-electron chi connectivity index (χ2n) is 5.37. The van der Waals surface area contributed by atoms with Gasteiger partial charge in [-0.15, -0.1) is 0 Å². The third-order valence-corrected chi connectivity index (χ3v) is 5.84. The van der Waals surface area contributed by atoms with E-state index in [4.69, 9.17) is 15.8 Å². The van der Waals surface area contributed by atoms with Gasteiger partial charge in [-0.1, -0.05) is 17.7 Å². The summed E-state index contributed by atoms with van der Waals surface area (Å²) in [6.07, 6.45) is -0.644. The zero-order valence-electron chi connectivity index (χ0n) is 14.1. The number of ether oxygens (including phenoxy) is 1. The van der Waals surface area contributed by atoms with E-state index in [1.165, 1.54) is 31.4 Å². The van der Waals surface area contributed by atoms with Crippen molar-refractivity contribution in [3.63, 3.8) is 0 Å². The van der Waals surface area contributed by atoms with Gasteiger partial charge >= 0.3 is 16.2 Å². The number of amides is 1. The predicted molar refractivity (Wildman–Crippen MR) is 104 cm³/mol. The number of carbonyl (C=O) groups is 1. The third kappa shape index (κ3) is 4.46. The van der Waals surface area contributed by atoms with Crippen LogP contribution in [0.1, 0.15) is 5.56 Å². The largest absolute Gasteiger partial charge is 0.453 e. The highest BCUT2D eigenvalue weighted by molar-refractivity contribution is 8.15. The molecular formula is C16H14ClN3O5S2. The standard InChI is InChI=1S/C16H14ClN3O5S2/c1-9-3-5-11(8-12(9)17)27(22,23)25-10-4-6-13-14(7-10)20-26-15(18-13)19-16(21)24-2/h3-8,20H,1-2H3,(H,18,19,21). The Kier molecular flexibility index (Phi) is 5.49. The van der Waals surface area contributed by atoms with E-state index in [1.54, 1.807) is 19.1 Å². The van der Waals surface area contributed by atoms with Crippen LogP contribution in [-0.4, -0.2) is 26.8 Å². The van der Waals surface area contributed by atoms with Gasteiger partial charge in [0.25, 0.3) is 0 Å². The number of rotatable bonds is 3. The number of methoxy groups -OCH3 is 1. The highest BCUT2D eigenvalue weighted by Crippen LogP contribution is 2.36. The van der Waals surface area contributed by atoms with Crippen LogP contribution in [0.3, 0.4) is 0 Å². The van der Waals surface area contributed by atoms with Gasteiger partial charge in [-0.2, -0.15) is 8.42 Å². The lowest BCUT2D eigenvalue weighted by Gasteiger charge is -2.17. The summed E-state index contributed by atoms with van der Waals surface area (Å²) in [5, 5.41) is 3.08. The molecule has 1 heterocycles. The van der Waals surface area contributed by atoms with E-state index >= 15 is 0 Å². The molecular weight excluding hydrogens is 414 g/mol. The van der Waals surface area contributed by atoms with Gasteiger partial charge in [-0.25, -0.2) is 9.79 Å². The molecule has 0 aliphatic carbocycles. The molecule has 0 atom stereocenters.